The number of hydrogen-bond acceptors (Lipinski definition) is 1. The molecule has 0 radical (unpaired) electrons. The Morgan fingerprint density at radius 3 is 2.50 bits per heavy atom. The van der Waals surface area contributed by atoms with E-state index < -0.39 is 5.82 Å². The quantitative estimate of drug-likeness (QED) is 0.684. The van der Waals surface area contributed by atoms with Crippen LogP contribution < -0.4 is 0 Å². The molecule has 1 nitrogen and oxygen atoms in total. The largest absolute Gasteiger partial charge is 0.236 e. The van der Waals surface area contributed by atoms with E-state index in [4.69, 9.17) is 23.2 Å². The number of hydrogen-bond donors (Lipinski definition) is 0. The molecule has 0 atom stereocenters. The summed E-state index contributed by atoms with van der Waals surface area (Å²) in [5, 5.41) is 0.493. The maximum absolute atomic E-state index is 13.0. The molecule has 82 valence electrons. The van der Waals surface area contributed by atoms with Gasteiger partial charge in [0.1, 0.15) is 11.0 Å². The Morgan fingerprint density at radius 2 is 1.88 bits per heavy atom. The molecule has 0 fully saturated rings. The van der Waals surface area contributed by atoms with Gasteiger partial charge in [0.15, 0.2) is 0 Å². The third-order valence-corrected chi connectivity index (χ3v) is 2.64. The molecule has 0 amide bonds. The number of pyridine rings is 1. The highest BCUT2D eigenvalue weighted by atomic mass is 35.5. The fraction of sp³-hybridized carbons (Fsp3) is 0.0833. The van der Waals surface area contributed by atoms with Crippen molar-refractivity contribution in [3.63, 3.8) is 0 Å². The summed E-state index contributed by atoms with van der Waals surface area (Å²) in [6.07, 6.45) is 0. The van der Waals surface area contributed by atoms with E-state index in [2.05, 4.69) is 4.98 Å². The Morgan fingerprint density at radius 1 is 1.12 bits per heavy atom. The lowest BCUT2D eigenvalue weighted by atomic mass is 10.1. The molecule has 2 rings (SSSR count). The topological polar surface area (TPSA) is 12.9 Å². The molecule has 1 aromatic heterocycles. The lowest BCUT2D eigenvalue weighted by Crippen LogP contribution is -1.87. The zero-order chi connectivity index (χ0) is 11.7. The molecule has 1 heterocycles. The smallest absolute Gasteiger partial charge is 0.141 e. The van der Waals surface area contributed by atoms with E-state index in [1.54, 1.807) is 12.1 Å². The van der Waals surface area contributed by atoms with Crippen molar-refractivity contribution in [2.24, 2.45) is 0 Å². The van der Waals surface area contributed by atoms with E-state index in [1.165, 1.54) is 12.1 Å². The number of rotatable bonds is 1. The van der Waals surface area contributed by atoms with Crippen LogP contribution in [0.2, 0.25) is 10.2 Å². The van der Waals surface area contributed by atoms with E-state index in [0.29, 0.717) is 10.8 Å². The summed E-state index contributed by atoms with van der Waals surface area (Å²) in [4.78, 5) is 4.16. The van der Waals surface area contributed by atoms with Crippen molar-refractivity contribution in [3.05, 3.63) is 51.9 Å². The van der Waals surface area contributed by atoms with Crippen LogP contribution in [0.3, 0.4) is 0 Å². The SMILES string of the molecule is Cc1cc(Cl)nc(-c2ccc(F)c(Cl)c2)c1. The van der Waals surface area contributed by atoms with Gasteiger partial charge >= 0.3 is 0 Å². The highest BCUT2D eigenvalue weighted by molar-refractivity contribution is 6.31. The molecule has 1 aromatic carbocycles. The van der Waals surface area contributed by atoms with Gasteiger partial charge < -0.3 is 0 Å². The molecule has 0 N–H and O–H groups in total. The van der Waals surface area contributed by atoms with Crippen LogP contribution in [0.25, 0.3) is 11.3 Å². The first-order valence-electron chi connectivity index (χ1n) is 4.66. The van der Waals surface area contributed by atoms with Crippen LogP contribution in [0, 0.1) is 12.7 Å². The van der Waals surface area contributed by atoms with Gasteiger partial charge in [-0.3, -0.25) is 0 Å². The maximum Gasteiger partial charge on any atom is 0.141 e. The summed E-state index contributed by atoms with van der Waals surface area (Å²) in [5.41, 5.74) is 2.43. The van der Waals surface area contributed by atoms with Crippen LogP contribution in [0.15, 0.2) is 30.3 Å². The van der Waals surface area contributed by atoms with Gasteiger partial charge in [0.25, 0.3) is 0 Å². The lowest BCUT2D eigenvalue weighted by molar-refractivity contribution is 0.628. The van der Waals surface area contributed by atoms with Crippen molar-refractivity contribution in [2.45, 2.75) is 6.92 Å². The molecule has 0 aliphatic rings. The number of halogens is 3. The zero-order valence-electron chi connectivity index (χ0n) is 8.47. The van der Waals surface area contributed by atoms with Crippen molar-refractivity contribution in [2.75, 3.05) is 0 Å². The fourth-order valence-electron chi connectivity index (χ4n) is 1.43. The van der Waals surface area contributed by atoms with Crippen molar-refractivity contribution in [3.8, 4) is 11.3 Å². The Labute approximate surface area is 103 Å². The van der Waals surface area contributed by atoms with Gasteiger partial charge in [-0.25, -0.2) is 9.37 Å². The second-order valence-corrected chi connectivity index (χ2v) is 4.28. The van der Waals surface area contributed by atoms with Crippen molar-refractivity contribution >= 4 is 23.2 Å². The summed E-state index contributed by atoms with van der Waals surface area (Å²) in [6.45, 7) is 1.92. The van der Waals surface area contributed by atoms with Gasteiger partial charge in [-0.2, -0.15) is 0 Å². The van der Waals surface area contributed by atoms with Crippen LogP contribution in [0.5, 0.6) is 0 Å². The van der Waals surface area contributed by atoms with Gasteiger partial charge in [0.2, 0.25) is 0 Å². The van der Waals surface area contributed by atoms with Crippen LogP contribution in [-0.2, 0) is 0 Å². The first kappa shape index (κ1) is 11.4. The molecular weight excluding hydrogens is 248 g/mol. The minimum absolute atomic E-state index is 0.0805. The maximum atomic E-state index is 13.0. The summed E-state index contributed by atoms with van der Waals surface area (Å²) < 4.78 is 13.0. The Balaban J connectivity index is 2.54. The Bertz CT molecular complexity index is 520. The van der Waals surface area contributed by atoms with Crippen LogP contribution in [-0.4, -0.2) is 4.98 Å². The summed E-state index contributed by atoms with van der Waals surface area (Å²) in [6, 6.07) is 8.11. The summed E-state index contributed by atoms with van der Waals surface area (Å²) >= 11 is 11.6. The third-order valence-electron chi connectivity index (χ3n) is 2.15. The molecule has 0 spiro atoms. The fourth-order valence-corrected chi connectivity index (χ4v) is 1.87. The Hall–Kier alpha value is -1.12. The predicted molar refractivity (Wildman–Crippen MR) is 64.4 cm³/mol. The standard InChI is InChI=1S/C12H8Cl2FN/c1-7-4-11(16-12(14)5-7)8-2-3-10(15)9(13)6-8/h2-6H,1H3. The summed E-state index contributed by atoms with van der Waals surface area (Å²) in [7, 11) is 0. The van der Waals surface area contributed by atoms with Gasteiger partial charge in [-0.15, -0.1) is 0 Å². The number of nitrogens with zero attached hydrogens (tertiary/aromatic N) is 1. The highest BCUT2D eigenvalue weighted by Gasteiger charge is 2.05. The van der Waals surface area contributed by atoms with Crippen LogP contribution in [0.4, 0.5) is 4.39 Å². The van der Waals surface area contributed by atoms with Crippen molar-refractivity contribution in [1.29, 1.82) is 0 Å². The molecule has 0 aliphatic heterocycles. The van der Waals surface area contributed by atoms with Gasteiger partial charge in [0, 0.05) is 5.56 Å². The number of aryl methyl sites for hydroxylation is 1. The third kappa shape index (κ3) is 2.34. The molecule has 2 aromatic rings. The molecule has 0 aliphatic carbocycles. The van der Waals surface area contributed by atoms with E-state index in [-0.39, 0.29) is 5.02 Å². The van der Waals surface area contributed by atoms with Crippen molar-refractivity contribution in [1.82, 2.24) is 4.98 Å². The molecule has 0 bridgehead atoms. The second kappa shape index (κ2) is 4.40. The minimum atomic E-state index is -0.441. The summed E-state index contributed by atoms with van der Waals surface area (Å²) in [5.74, 6) is -0.441. The predicted octanol–water partition coefficient (Wildman–Crippen LogP) is 4.50. The van der Waals surface area contributed by atoms with Crippen LogP contribution in [0.1, 0.15) is 5.56 Å². The Kier molecular flexibility index (Phi) is 3.13. The monoisotopic (exact) mass is 255 g/mol. The lowest BCUT2D eigenvalue weighted by Gasteiger charge is -2.04. The zero-order valence-corrected chi connectivity index (χ0v) is 9.98. The average molecular weight is 256 g/mol. The van der Waals surface area contributed by atoms with Gasteiger partial charge in [-0.05, 0) is 42.8 Å². The normalized spacial score (nSPS) is 10.5. The molecule has 0 saturated carbocycles. The first-order valence-corrected chi connectivity index (χ1v) is 5.41. The molecular formula is C12H8Cl2FN. The molecule has 0 saturated heterocycles. The minimum Gasteiger partial charge on any atom is -0.236 e. The van der Waals surface area contributed by atoms with E-state index in [9.17, 15) is 4.39 Å². The second-order valence-electron chi connectivity index (χ2n) is 3.48. The molecule has 16 heavy (non-hydrogen) atoms. The molecule has 4 heteroatoms. The van der Waals surface area contributed by atoms with Gasteiger partial charge in [0.05, 0.1) is 10.7 Å². The molecule has 0 unspecified atom stereocenters. The van der Waals surface area contributed by atoms with Crippen LogP contribution >= 0.6 is 23.2 Å². The number of aromatic nitrogens is 1. The first-order chi connectivity index (χ1) is 7.56. The highest BCUT2D eigenvalue weighted by Crippen LogP contribution is 2.25. The average Bonchev–Trinajstić information content (AvgIpc) is 2.20. The van der Waals surface area contributed by atoms with Gasteiger partial charge in [-0.1, -0.05) is 23.2 Å². The number of benzene rings is 1. The van der Waals surface area contributed by atoms with E-state index >= 15 is 0 Å². The van der Waals surface area contributed by atoms with Crippen molar-refractivity contribution < 1.29 is 4.39 Å². The van der Waals surface area contributed by atoms with E-state index in [1.807, 2.05) is 13.0 Å². The van der Waals surface area contributed by atoms with E-state index in [0.717, 1.165) is 11.1 Å².